The number of aromatic nitrogens is 4. The van der Waals surface area contributed by atoms with Crippen molar-refractivity contribution in [2.24, 2.45) is 0 Å². The Morgan fingerprint density at radius 2 is 0.705 bits per heavy atom. The van der Waals surface area contributed by atoms with Gasteiger partial charge in [-0.25, -0.2) is 92.8 Å². The molecule has 6 aromatic carbocycles. The van der Waals surface area contributed by atoms with E-state index in [0.29, 0.717) is 36.4 Å². The van der Waals surface area contributed by atoms with Gasteiger partial charge in [-0.2, -0.15) is 0 Å². The van der Waals surface area contributed by atoms with Gasteiger partial charge in [-0.1, -0.05) is 24.3 Å². The number of nitrogens with one attached hydrogen (secondary N) is 2. The predicted molar refractivity (Wildman–Crippen MR) is 276 cm³/mol. The van der Waals surface area contributed by atoms with Gasteiger partial charge in [-0.15, -0.1) is 0 Å². The summed E-state index contributed by atoms with van der Waals surface area (Å²) < 4.78 is 323. The summed E-state index contributed by atoms with van der Waals surface area (Å²) in [5, 5.41) is 0.127. The van der Waals surface area contributed by atoms with Crippen molar-refractivity contribution >= 4 is 50.9 Å². The lowest BCUT2D eigenvalue weighted by molar-refractivity contribution is 0.381. The van der Waals surface area contributed by atoms with Crippen molar-refractivity contribution in [2.75, 3.05) is 18.0 Å². The number of hydrogen-bond acceptors (Lipinski definition) is 5. The number of benzene rings is 6. The maximum Gasteiger partial charge on any atom is 0.200 e. The Morgan fingerprint density at radius 1 is 0.375 bits per heavy atom. The Bertz CT molecular complexity index is 4720. The van der Waals surface area contributed by atoms with Crippen molar-refractivity contribution in [1.82, 2.24) is 19.9 Å². The first-order valence-corrected chi connectivity index (χ1v) is 25.3. The van der Waals surface area contributed by atoms with E-state index in [1.165, 1.54) is 47.4 Å². The normalized spacial score (nSPS) is 14.7. The minimum absolute atomic E-state index is 0.0676. The fourth-order valence-corrected chi connectivity index (χ4v) is 11.4. The van der Waals surface area contributed by atoms with Crippen LogP contribution in [-0.4, -0.2) is 33.0 Å². The minimum atomic E-state index is -2.74. The molecule has 0 saturated carbocycles. The molecule has 0 aliphatic carbocycles. The quantitative estimate of drug-likeness (QED) is 0.0983. The number of H-pyrrole nitrogens is 2. The summed E-state index contributed by atoms with van der Waals surface area (Å²) >= 11 is 0. The molecule has 2 atom stereocenters. The zero-order chi connectivity index (χ0) is 62.5. The van der Waals surface area contributed by atoms with E-state index in [1.807, 2.05) is 0 Å². The van der Waals surface area contributed by atoms with Crippen molar-refractivity contribution < 1.29 is 92.2 Å². The summed E-state index contributed by atoms with van der Waals surface area (Å²) in [6.45, 7) is -1.26. The Hall–Kier alpha value is -10.2. The lowest BCUT2D eigenvalue weighted by Gasteiger charge is -2.23. The zero-order valence-electron chi connectivity index (χ0n) is 42.9. The van der Waals surface area contributed by atoms with Crippen LogP contribution in [0.15, 0.2) is 88.1 Å². The number of para-hydroxylation sites is 2. The molecule has 1 saturated heterocycles. The molecule has 3 aliphatic heterocycles. The fraction of sp³-hybridized carbons (Fsp3) is 0.0656. The fourth-order valence-electron chi connectivity index (χ4n) is 11.4. The molecule has 1 fully saturated rings. The van der Waals surface area contributed by atoms with Crippen molar-refractivity contribution in [3.05, 3.63) is 228 Å². The van der Waals surface area contributed by atoms with E-state index < -0.39 is 236 Å². The van der Waals surface area contributed by atoms with Crippen LogP contribution >= 0.6 is 0 Å². The smallest absolute Gasteiger partial charge is 0.200 e. The number of fused-ring (bicyclic) bond motifs is 12. The first-order valence-electron chi connectivity index (χ1n) is 25.3. The summed E-state index contributed by atoms with van der Waals surface area (Å²) in [4.78, 5) is 28.2. The molecule has 3 aliphatic rings. The molecular formula is C61H23F20N5O2. The second kappa shape index (κ2) is 20.5. The highest BCUT2D eigenvalue weighted by molar-refractivity contribution is 5.98. The van der Waals surface area contributed by atoms with Gasteiger partial charge in [0.1, 0.15) is 11.3 Å². The minimum Gasteiger partial charge on any atom is -0.456 e. The standard InChI is InChI=1S/C61H23F20N5O2/c62-40-36(41(63)49(71)56(78)48(40)70)32-22-9-10-23(82-22)33(37-42(64)50(72)57(79)51(73)43(37)65)25-12-14-27(84-25)35(39-46(68)54(76)59(81)55(77)47(39)69)61-21-17-86(28-7-3-1-5-18(28)31-15-29(87)19-6-2-4-8-30(19)88-31)16-20(21)60(85-61)34(26-13-11-24(32)83-26)38-44(66)52(74)58(80)53(75)45(38)67/h1-15,20-21,83-84H,16-17H2. The molecule has 10 aromatic rings. The van der Waals surface area contributed by atoms with Crippen LogP contribution in [0.25, 0.3) is 101 Å². The highest BCUT2D eigenvalue weighted by atomic mass is 19.2. The largest absolute Gasteiger partial charge is 0.456 e. The van der Waals surface area contributed by atoms with Gasteiger partial charge >= 0.3 is 0 Å². The highest BCUT2D eigenvalue weighted by Crippen LogP contribution is 2.54. The topological polar surface area (TPSA) is 90.8 Å². The zero-order valence-corrected chi connectivity index (χ0v) is 42.9. The van der Waals surface area contributed by atoms with E-state index in [-0.39, 0.29) is 28.0 Å². The Kier molecular flexibility index (Phi) is 13.2. The first-order chi connectivity index (χ1) is 41.9. The Labute approximate surface area is 475 Å². The lowest BCUT2D eigenvalue weighted by Crippen LogP contribution is -2.21. The van der Waals surface area contributed by atoms with Crippen molar-refractivity contribution in [2.45, 2.75) is 11.8 Å². The van der Waals surface area contributed by atoms with Gasteiger partial charge in [-0.3, -0.25) is 9.78 Å². The highest BCUT2D eigenvalue weighted by Gasteiger charge is 2.47. The molecule has 4 aromatic heterocycles. The second-order valence-electron chi connectivity index (χ2n) is 20.1. The molecule has 0 radical (unpaired) electrons. The summed E-state index contributed by atoms with van der Waals surface area (Å²) in [6.07, 6.45) is 1.22. The lowest BCUT2D eigenvalue weighted by atomic mass is 9.86. The third-order valence-corrected chi connectivity index (χ3v) is 15.4. The molecule has 7 nitrogen and oxygen atoms in total. The number of hydrogen-bond donors (Lipinski definition) is 2. The van der Waals surface area contributed by atoms with Crippen LogP contribution in [0.4, 0.5) is 93.5 Å². The van der Waals surface area contributed by atoms with Gasteiger partial charge in [0.05, 0.1) is 50.4 Å². The van der Waals surface area contributed by atoms with Crippen LogP contribution in [-0.2, 0) is 0 Å². The SMILES string of the molecule is O=c1cc(-c2ccccc2N2CC3c4nc(c(-c5c(F)c(F)c(F)c(F)c5F)c5ccc([nH]5)c(-c5c(F)c(F)c(F)c(F)c5F)c5nc(c(-c6c(F)c(F)c(F)c(F)c6F)c6ccc([nH]6)c4-c4c(F)c(F)c(F)c(F)c4F)C=C5)C3C2)oc2ccccc12. The van der Waals surface area contributed by atoms with E-state index in [0.717, 1.165) is 6.07 Å². The van der Waals surface area contributed by atoms with E-state index >= 15 is 79.0 Å². The average molecular weight is 1240 g/mol. The van der Waals surface area contributed by atoms with Crippen molar-refractivity contribution in [1.29, 1.82) is 0 Å². The summed E-state index contributed by atoms with van der Waals surface area (Å²) in [5.41, 5.74) is -20.8. The van der Waals surface area contributed by atoms with Crippen LogP contribution < -0.4 is 10.3 Å². The van der Waals surface area contributed by atoms with Gasteiger partial charge < -0.3 is 19.3 Å². The number of halogens is 20. The molecule has 7 heterocycles. The molecule has 2 N–H and O–H groups in total. The maximum atomic E-state index is 16.8. The van der Waals surface area contributed by atoms with Crippen LogP contribution in [0, 0.1) is 116 Å². The van der Waals surface area contributed by atoms with Gasteiger partial charge in [0, 0.05) is 86.6 Å². The summed E-state index contributed by atoms with van der Waals surface area (Å²) in [7, 11) is 0. The molecule has 8 bridgehead atoms. The summed E-state index contributed by atoms with van der Waals surface area (Å²) in [6, 6.07) is 15.5. The number of aromatic amines is 2. The van der Waals surface area contributed by atoms with Crippen LogP contribution in [0.2, 0.25) is 0 Å². The Morgan fingerprint density at radius 3 is 1.10 bits per heavy atom. The molecular weight excluding hydrogens is 1210 g/mol. The van der Waals surface area contributed by atoms with E-state index in [4.69, 9.17) is 4.42 Å². The molecule has 27 heteroatoms. The van der Waals surface area contributed by atoms with Crippen molar-refractivity contribution in [3.63, 3.8) is 0 Å². The Balaban J connectivity index is 1.25. The molecule has 13 rings (SSSR count). The summed E-state index contributed by atoms with van der Waals surface area (Å²) in [5.74, 6) is -56.7. The molecule has 444 valence electrons. The molecule has 0 spiro atoms. The molecule has 0 amide bonds. The van der Waals surface area contributed by atoms with E-state index in [2.05, 4.69) is 19.9 Å². The van der Waals surface area contributed by atoms with E-state index in [1.54, 1.807) is 6.07 Å². The van der Waals surface area contributed by atoms with Gasteiger partial charge in [0.15, 0.2) is 98.5 Å². The van der Waals surface area contributed by atoms with Crippen LogP contribution in [0.5, 0.6) is 0 Å². The number of rotatable bonds is 6. The van der Waals surface area contributed by atoms with Crippen LogP contribution in [0.3, 0.4) is 0 Å². The molecule has 2 unspecified atom stereocenters. The maximum absolute atomic E-state index is 16.8. The number of anilines is 1. The third-order valence-electron chi connectivity index (χ3n) is 15.4. The second-order valence-corrected chi connectivity index (χ2v) is 20.1. The average Bonchev–Trinajstić information content (AvgIpc) is 1.57. The van der Waals surface area contributed by atoms with Crippen LogP contribution in [0.1, 0.15) is 34.6 Å². The first kappa shape index (κ1) is 56.9. The monoisotopic (exact) mass is 1240 g/mol. The predicted octanol–water partition coefficient (Wildman–Crippen LogP) is 17.1. The molecule has 88 heavy (non-hydrogen) atoms. The third kappa shape index (κ3) is 8.24. The van der Waals surface area contributed by atoms with Gasteiger partial charge in [-0.05, 0) is 60.7 Å². The number of nitrogens with zero attached hydrogens (tertiary/aromatic N) is 3. The van der Waals surface area contributed by atoms with Gasteiger partial charge in [0.25, 0.3) is 0 Å². The van der Waals surface area contributed by atoms with E-state index in [9.17, 15) is 13.6 Å². The van der Waals surface area contributed by atoms with Crippen molar-refractivity contribution in [3.8, 4) is 55.8 Å². The van der Waals surface area contributed by atoms with Gasteiger partial charge in [0.2, 0.25) is 23.3 Å².